The Balaban J connectivity index is 1.80. The summed E-state index contributed by atoms with van der Waals surface area (Å²) in [4.78, 5) is 5.65. The maximum absolute atomic E-state index is 10.1. The summed E-state index contributed by atoms with van der Waals surface area (Å²) < 4.78 is 0. The van der Waals surface area contributed by atoms with Crippen LogP contribution in [0.2, 0.25) is 0 Å². The van der Waals surface area contributed by atoms with E-state index in [1.807, 2.05) is 19.1 Å². The predicted molar refractivity (Wildman–Crippen MR) is 95.2 cm³/mol. The molecule has 0 saturated heterocycles. The van der Waals surface area contributed by atoms with Crippen molar-refractivity contribution in [2.24, 2.45) is 0 Å². The summed E-state index contributed by atoms with van der Waals surface area (Å²) in [6, 6.07) is 18.8. The van der Waals surface area contributed by atoms with Crippen molar-refractivity contribution < 1.29 is 5.11 Å². The van der Waals surface area contributed by atoms with Gasteiger partial charge in [0.2, 0.25) is 0 Å². The van der Waals surface area contributed by atoms with E-state index in [4.69, 9.17) is 0 Å². The van der Waals surface area contributed by atoms with Crippen LogP contribution in [0.3, 0.4) is 0 Å². The Bertz CT molecular complexity index is 735. The van der Waals surface area contributed by atoms with Crippen LogP contribution in [0.1, 0.15) is 24.5 Å². The van der Waals surface area contributed by atoms with Crippen LogP contribution in [-0.4, -0.2) is 27.6 Å². The summed E-state index contributed by atoms with van der Waals surface area (Å²) >= 11 is 0. The third-order valence-corrected chi connectivity index (χ3v) is 4.26. The summed E-state index contributed by atoms with van der Waals surface area (Å²) in [6.45, 7) is 4.38. The third-order valence-electron chi connectivity index (χ3n) is 4.26. The van der Waals surface area contributed by atoms with Crippen LogP contribution >= 0.6 is 0 Å². The van der Waals surface area contributed by atoms with E-state index in [1.165, 1.54) is 22.0 Å². The molecule has 1 atom stereocenters. The third kappa shape index (κ3) is 4.01. The van der Waals surface area contributed by atoms with E-state index in [9.17, 15) is 5.11 Å². The Morgan fingerprint density at radius 3 is 2.52 bits per heavy atom. The van der Waals surface area contributed by atoms with Crippen LogP contribution in [0.4, 0.5) is 0 Å². The molecule has 0 aliphatic carbocycles. The Morgan fingerprint density at radius 2 is 1.74 bits per heavy atom. The molecule has 0 aliphatic heterocycles. The smallest absolute Gasteiger partial charge is 0.0664 e. The molecular formula is C20H24N2O. The number of H-pyrrole nitrogens is 1. The van der Waals surface area contributed by atoms with Crippen LogP contribution in [0, 0.1) is 0 Å². The standard InChI is InChI=1S/C20H24N2O/c1-2-18(23)15-22(13-16-8-4-3-5-9-16)14-17-12-21-20-11-7-6-10-19(17)20/h3-12,18,21,23H,2,13-15H2,1H3. The lowest BCUT2D eigenvalue weighted by Gasteiger charge is -2.24. The minimum absolute atomic E-state index is 0.288. The van der Waals surface area contributed by atoms with Gasteiger partial charge < -0.3 is 10.1 Å². The summed E-state index contributed by atoms with van der Waals surface area (Å²) in [5.74, 6) is 0. The van der Waals surface area contributed by atoms with Gasteiger partial charge in [-0.3, -0.25) is 4.90 Å². The zero-order chi connectivity index (χ0) is 16.1. The normalized spacial score (nSPS) is 12.8. The van der Waals surface area contributed by atoms with E-state index in [-0.39, 0.29) is 6.10 Å². The Morgan fingerprint density at radius 1 is 1.00 bits per heavy atom. The Labute approximate surface area is 137 Å². The molecule has 3 rings (SSSR count). The molecule has 2 N–H and O–H groups in total. The van der Waals surface area contributed by atoms with Crippen molar-refractivity contribution in [3.8, 4) is 0 Å². The highest BCUT2D eigenvalue weighted by Crippen LogP contribution is 2.20. The second kappa shape index (κ2) is 7.44. The number of aromatic nitrogens is 1. The highest BCUT2D eigenvalue weighted by molar-refractivity contribution is 5.82. The van der Waals surface area contributed by atoms with Crippen molar-refractivity contribution in [3.05, 3.63) is 71.9 Å². The van der Waals surface area contributed by atoms with E-state index in [0.29, 0.717) is 6.54 Å². The van der Waals surface area contributed by atoms with Gasteiger partial charge in [-0.05, 0) is 23.6 Å². The Kier molecular flexibility index (Phi) is 5.11. The molecule has 0 fully saturated rings. The largest absolute Gasteiger partial charge is 0.392 e. The highest BCUT2D eigenvalue weighted by atomic mass is 16.3. The number of aliphatic hydroxyl groups is 1. The zero-order valence-corrected chi connectivity index (χ0v) is 13.6. The van der Waals surface area contributed by atoms with Gasteiger partial charge in [0.05, 0.1) is 6.10 Å². The number of nitrogens with zero attached hydrogens (tertiary/aromatic N) is 1. The SMILES string of the molecule is CCC(O)CN(Cc1ccccc1)Cc1c[nH]c2ccccc12. The number of hydrogen-bond acceptors (Lipinski definition) is 2. The van der Waals surface area contributed by atoms with Crippen LogP contribution in [0.5, 0.6) is 0 Å². The number of rotatable bonds is 7. The van der Waals surface area contributed by atoms with E-state index < -0.39 is 0 Å². The van der Waals surface area contributed by atoms with Crippen molar-refractivity contribution in [1.82, 2.24) is 9.88 Å². The molecule has 3 aromatic rings. The molecule has 1 heterocycles. The fourth-order valence-corrected chi connectivity index (χ4v) is 2.96. The average Bonchev–Trinajstić information content (AvgIpc) is 2.99. The van der Waals surface area contributed by atoms with E-state index in [2.05, 4.69) is 58.5 Å². The van der Waals surface area contributed by atoms with Gasteiger partial charge in [0.1, 0.15) is 0 Å². The van der Waals surface area contributed by atoms with Gasteiger partial charge in [0, 0.05) is 36.7 Å². The molecule has 0 aliphatic rings. The fraction of sp³-hybridized carbons (Fsp3) is 0.300. The lowest BCUT2D eigenvalue weighted by Crippen LogP contribution is -2.31. The van der Waals surface area contributed by atoms with E-state index >= 15 is 0 Å². The number of aromatic amines is 1. The molecule has 0 amide bonds. The van der Waals surface area contributed by atoms with Gasteiger partial charge in [0.15, 0.2) is 0 Å². The highest BCUT2D eigenvalue weighted by Gasteiger charge is 2.13. The van der Waals surface area contributed by atoms with Gasteiger partial charge in [-0.2, -0.15) is 0 Å². The van der Waals surface area contributed by atoms with Gasteiger partial charge in [-0.15, -0.1) is 0 Å². The van der Waals surface area contributed by atoms with E-state index in [0.717, 1.165) is 19.5 Å². The lowest BCUT2D eigenvalue weighted by atomic mass is 10.1. The molecule has 0 radical (unpaired) electrons. The van der Waals surface area contributed by atoms with Crippen LogP contribution < -0.4 is 0 Å². The first-order valence-electron chi connectivity index (χ1n) is 8.25. The van der Waals surface area contributed by atoms with Crippen molar-refractivity contribution in [2.75, 3.05) is 6.54 Å². The van der Waals surface area contributed by atoms with Crippen molar-refractivity contribution in [2.45, 2.75) is 32.5 Å². The number of benzene rings is 2. The summed E-state index contributed by atoms with van der Waals surface area (Å²) in [7, 11) is 0. The molecular weight excluding hydrogens is 284 g/mol. The first-order chi connectivity index (χ1) is 11.3. The van der Waals surface area contributed by atoms with Crippen molar-refractivity contribution >= 4 is 10.9 Å². The van der Waals surface area contributed by atoms with Crippen LogP contribution in [0.25, 0.3) is 10.9 Å². The second-order valence-electron chi connectivity index (χ2n) is 6.08. The summed E-state index contributed by atoms with van der Waals surface area (Å²) in [6.07, 6.45) is 2.57. The molecule has 0 saturated carbocycles. The number of aliphatic hydroxyl groups excluding tert-OH is 1. The first-order valence-corrected chi connectivity index (χ1v) is 8.25. The monoisotopic (exact) mass is 308 g/mol. The van der Waals surface area contributed by atoms with Crippen LogP contribution in [0.15, 0.2) is 60.8 Å². The van der Waals surface area contributed by atoms with Crippen LogP contribution in [-0.2, 0) is 13.1 Å². The maximum atomic E-state index is 10.1. The molecule has 3 heteroatoms. The lowest BCUT2D eigenvalue weighted by molar-refractivity contribution is 0.102. The minimum Gasteiger partial charge on any atom is -0.392 e. The Hall–Kier alpha value is -2.10. The van der Waals surface area contributed by atoms with E-state index in [1.54, 1.807) is 0 Å². The van der Waals surface area contributed by atoms with Gasteiger partial charge >= 0.3 is 0 Å². The molecule has 1 aromatic heterocycles. The molecule has 0 bridgehead atoms. The summed E-state index contributed by atoms with van der Waals surface area (Å²) in [5, 5.41) is 11.4. The average molecular weight is 308 g/mol. The predicted octanol–water partition coefficient (Wildman–Crippen LogP) is 3.94. The summed E-state index contributed by atoms with van der Waals surface area (Å²) in [5.41, 5.74) is 3.72. The number of fused-ring (bicyclic) bond motifs is 1. The fourth-order valence-electron chi connectivity index (χ4n) is 2.96. The maximum Gasteiger partial charge on any atom is 0.0664 e. The molecule has 3 nitrogen and oxygen atoms in total. The van der Waals surface area contributed by atoms with Gasteiger partial charge in [-0.1, -0.05) is 55.5 Å². The number of nitrogens with one attached hydrogen (secondary N) is 1. The molecule has 2 aromatic carbocycles. The van der Waals surface area contributed by atoms with Gasteiger partial charge in [0.25, 0.3) is 0 Å². The number of para-hydroxylation sites is 1. The minimum atomic E-state index is -0.288. The molecule has 1 unspecified atom stereocenters. The van der Waals surface area contributed by atoms with Crippen molar-refractivity contribution in [3.63, 3.8) is 0 Å². The molecule has 0 spiro atoms. The topological polar surface area (TPSA) is 39.3 Å². The molecule has 120 valence electrons. The van der Waals surface area contributed by atoms with Gasteiger partial charge in [-0.25, -0.2) is 0 Å². The second-order valence-corrected chi connectivity index (χ2v) is 6.08. The first kappa shape index (κ1) is 15.8. The number of hydrogen-bond donors (Lipinski definition) is 2. The van der Waals surface area contributed by atoms with Crippen molar-refractivity contribution in [1.29, 1.82) is 0 Å². The molecule has 23 heavy (non-hydrogen) atoms. The zero-order valence-electron chi connectivity index (χ0n) is 13.6. The quantitative estimate of drug-likeness (QED) is 0.694.